The molecule has 0 radical (unpaired) electrons. The molecule has 0 bridgehead atoms. The average Bonchev–Trinajstić information content (AvgIpc) is 0.866. The number of carboxylic acid groups (broad SMARTS) is 1. The molecule has 4 aromatic rings. The third kappa shape index (κ3) is 37.9. The lowest BCUT2D eigenvalue weighted by Gasteiger charge is -2.29. The average molecular weight is 1760 g/mol. The third-order valence-corrected chi connectivity index (χ3v) is 20.7. The summed E-state index contributed by atoms with van der Waals surface area (Å²) in [7, 11) is 0. The predicted molar refractivity (Wildman–Crippen MR) is 456 cm³/mol. The van der Waals surface area contributed by atoms with E-state index in [1.165, 1.54) is 20.8 Å². The van der Waals surface area contributed by atoms with Crippen molar-refractivity contribution in [2.75, 3.05) is 26.2 Å². The monoisotopic (exact) mass is 1760 g/mol. The molecule has 0 aliphatic rings. The first-order valence-electron chi connectivity index (χ1n) is 40.1. The number of benzene rings is 4. The molecular weight excluding hydrogens is 1640 g/mol. The molecule has 0 aliphatic heterocycles. The zero-order valence-corrected chi connectivity index (χ0v) is 73.4. The minimum absolute atomic E-state index is 0.0149. The van der Waals surface area contributed by atoms with Crippen molar-refractivity contribution in [2.24, 2.45) is 29.4 Å². The first-order valence-corrected chi connectivity index (χ1v) is 42.0. The molecule has 658 valence electrons. The topological polar surface area (TPSA) is 452 Å². The van der Waals surface area contributed by atoms with Crippen molar-refractivity contribution in [3.63, 3.8) is 0 Å². The summed E-state index contributed by atoms with van der Waals surface area (Å²) in [5, 5.41) is 46.6. The van der Waals surface area contributed by atoms with Gasteiger partial charge in [-0.05, 0) is 157 Å². The van der Waals surface area contributed by atoms with Crippen LogP contribution in [0.4, 0.5) is 9.59 Å². The molecule has 36 heteroatoms. The summed E-state index contributed by atoms with van der Waals surface area (Å²) in [6.07, 6.45) is 1.78. The van der Waals surface area contributed by atoms with Gasteiger partial charge in [0.05, 0.1) is 12.1 Å². The van der Waals surface area contributed by atoms with Crippen LogP contribution >= 0.6 is 58.0 Å². The Labute approximate surface area is 721 Å². The maximum atomic E-state index is 15.3. The van der Waals surface area contributed by atoms with Gasteiger partial charge in [0.25, 0.3) is 0 Å². The Morgan fingerprint density at radius 2 is 0.849 bits per heavy atom. The van der Waals surface area contributed by atoms with Gasteiger partial charge in [0.1, 0.15) is 80.4 Å². The van der Waals surface area contributed by atoms with E-state index >= 15 is 9.59 Å². The zero-order chi connectivity index (χ0) is 88.6. The maximum absolute atomic E-state index is 15.3. The predicted octanol–water partition coefficient (Wildman–Crippen LogP) is 8.77. The van der Waals surface area contributed by atoms with Gasteiger partial charge in [0.15, 0.2) is 0 Å². The lowest BCUT2D eigenvalue weighted by molar-refractivity contribution is -0.139. The second-order valence-corrected chi connectivity index (χ2v) is 32.8. The molecule has 0 fully saturated rings. The SMILES string of the molecule is CCCC[C@H](N)C(=O)N[C@@H](C)C(=O)N[C@H](C(=O)N[C@@H](CCCCNC(=O)OCc1ccccc1Cl)C(=O)N[C@@H](CCCCNC(=O)OCc1c(Cl)cccc1Cl)CN[C@@H](Cc1ccc(OCc2c(Cl)cccc2Cl)cc1)C(=O)N[C@@H](CC(C)C)C(=O)N[C@@H](C)C(=O)N[C@@H](C)C(=O)N[C@H](C(=O)N[C@@H](CC(C)C)C(=O)NCC(=O)O)C(C)C)C(C)C. The quantitative estimate of drug-likeness (QED) is 0.0184. The molecule has 16 N–H and O–H groups in total. The number of unbranched alkanes of at least 4 members (excludes halogenated alkanes) is 3. The molecule has 0 aliphatic carbocycles. The van der Waals surface area contributed by atoms with E-state index in [1.807, 2.05) is 20.8 Å². The third-order valence-electron chi connectivity index (χ3n) is 18.9. The van der Waals surface area contributed by atoms with E-state index in [0.29, 0.717) is 78.8 Å². The highest BCUT2D eigenvalue weighted by molar-refractivity contribution is 6.36. The normalized spacial score (nSPS) is 14.0. The van der Waals surface area contributed by atoms with E-state index in [0.717, 1.165) is 6.42 Å². The Bertz CT molecular complexity index is 3970. The Morgan fingerprint density at radius 3 is 1.35 bits per heavy atom. The molecule has 11 atom stereocenters. The molecule has 0 unspecified atom stereocenters. The fourth-order valence-electron chi connectivity index (χ4n) is 12.0. The van der Waals surface area contributed by atoms with Gasteiger partial charge in [0.2, 0.25) is 59.1 Å². The van der Waals surface area contributed by atoms with Gasteiger partial charge >= 0.3 is 18.2 Å². The number of nitrogens with one attached hydrogen (secondary N) is 13. The Balaban J connectivity index is 1.71. The van der Waals surface area contributed by atoms with Gasteiger partial charge in [-0.3, -0.25) is 52.7 Å². The number of carboxylic acids is 1. The van der Waals surface area contributed by atoms with Crippen LogP contribution in [0.3, 0.4) is 0 Å². The van der Waals surface area contributed by atoms with Crippen LogP contribution in [-0.4, -0.2) is 175 Å². The van der Waals surface area contributed by atoms with Gasteiger partial charge in [-0.25, -0.2) is 9.59 Å². The molecule has 0 saturated carbocycles. The highest BCUT2D eigenvalue weighted by atomic mass is 35.5. The van der Waals surface area contributed by atoms with E-state index in [9.17, 15) is 52.7 Å². The maximum Gasteiger partial charge on any atom is 0.407 e. The van der Waals surface area contributed by atoms with Crippen molar-refractivity contribution in [3.05, 3.63) is 132 Å². The van der Waals surface area contributed by atoms with Gasteiger partial charge < -0.3 is 94.2 Å². The number of hydrogen-bond donors (Lipinski definition) is 15. The second-order valence-electron chi connectivity index (χ2n) is 30.7. The van der Waals surface area contributed by atoms with E-state index in [-0.39, 0.29) is 96.2 Å². The second kappa shape index (κ2) is 53.4. The van der Waals surface area contributed by atoms with Crippen LogP contribution in [0.25, 0.3) is 0 Å². The number of ether oxygens (including phenoxy) is 3. The molecule has 0 heterocycles. The molecule has 12 amide bonds. The van der Waals surface area contributed by atoms with Crippen molar-refractivity contribution < 1.29 is 81.6 Å². The van der Waals surface area contributed by atoms with E-state index in [4.69, 9.17) is 83.1 Å². The van der Waals surface area contributed by atoms with Crippen LogP contribution in [0.5, 0.6) is 5.75 Å². The number of alkyl carbamates (subject to hydrolysis) is 2. The smallest absolute Gasteiger partial charge is 0.407 e. The molecule has 0 aromatic heterocycles. The summed E-state index contributed by atoms with van der Waals surface area (Å²) < 4.78 is 16.9. The Morgan fingerprint density at radius 1 is 0.412 bits per heavy atom. The summed E-state index contributed by atoms with van der Waals surface area (Å²) in [6.45, 7) is 19.0. The number of aliphatic carboxylic acids is 1. The number of carbonyl (C=O) groups is 13. The van der Waals surface area contributed by atoms with Crippen molar-refractivity contribution in [1.29, 1.82) is 0 Å². The first kappa shape index (κ1) is 102. The van der Waals surface area contributed by atoms with Crippen LogP contribution in [0, 0.1) is 23.7 Å². The molecule has 4 aromatic carbocycles. The van der Waals surface area contributed by atoms with Crippen LogP contribution < -0.4 is 79.6 Å². The minimum atomic E-state index is -1.33. The fraction of sp³-hybridized carbons (Fsp3) is 0.554. The van der Waals surface area contributed by atoms with Crippen LogP contribution in [0.1, 0.15) is 176 Å². The highest BCUT2D eigenvalue weighted by Gasteiger charge is 2.36. The molecule has 31 nitrogen and oxygen atoms in total. The molecule has 119 heavy (non-hydrogen) atoms. The van der Waals surface area contributed by atoms with Gasteiger partial charge in [0, 0.05) is 67.5 Å². The van der Waals surface area contributed by atoms with E-state index in [1.54, 1.807) is 126 Å². The van der Waals surface area contributed by atoms with Crippen LogP contribution in [0.15, 0.2) is 84.9 Å². The van der Waals surface area contributed by atoms with Gasteiger partial charge in [-0.2, -0.15) is 0 Å². The van der Waals surface area contributed by atoms with E-state index in [2.05, 4.69) is 69.1 Å². The number of rotatable bonds is 52. The van der Waals surface area contributed by atoms with Crippen LogP contribution in [0.2, 0.25) is 25.1 Å². The lowest BCUT2D eigenvalue weighted by atomic mass is 9.99. The standard InChI is InChI=1S/C83H119Cl5N14O17/c1-13-14-30-64(89)75(108)95-52(12)74(107)101-70(48(6)7)80(113)98-65(31-18-20-37-90-82(115)118-43-54-23-15-16-25-59(54)84)77(110)97-55(24-17-19-36-91-83(116)119-45-58-62(87)28-22-29-63(58)88)41-92-66(40-53-32-34-56(35-33-53)117-44-57-60(85)26-21-27-61(57)86)78(111)99-68(39-47(4)5)79(112)96-50(10)72(105)94-51(11)73(106)102-71(49(8)9)81(114)100-67(38-46(2)3)76(109)93-42-69(103)104/h15-16,21-23,25-29,32-35,46-52,55,64-68,70-71,92H,13-14,17-20,24,30-31,36-45,89H2,1-12H3,(H,90,115)(H,91,116)(H,93,109)(H,94,105)(H,95,108)(H,96,112)(H,97,110)(H,98,113)(H,99,111)(H,100,114)(H,101,107)(H,102,106)(H,103,104)/t50-,51-,52-,55-,64-,65-,66-,67-,68-,70-,71-/m0/s1. The van der Waals surface area contributed by atoms with Crippen molar-refractivity contribution in [3.8, 4) is 5.75 Å². The van der Waals surface area contributed by atoms with Crippen molar-refractivity contribution in [2.45, 2.75) is 246 Å². The summed E-state index contributed by atoms with van der Waals surface area (Å²) in [6, 6.07) is 10.6. The first-order chi connectivity index (χ1) is 56.3. The lowest BCUT2D eigenvalue weighted by Crippen LogP contribution is -2.60. The van der Waals surface area contributed by atoms with Crippen molar-refractivity contribution in [1.82, 2.24) is 69.1 Å². The van der Waals surface area contributed by atoms with Gasteiger partial charge in [-0.1, -0.05) is 176 Å². The number of halogens is 5. The summed E-state index contributed by atoms with van der Waals surface area (Å²) in [5.41, 5.74) is 8.24. The molecule has 4 rings (SSSR count). The largest absolute Gasteiger partial charge is 0.489 e. The number of amides is 12. The van der Waals surface area contributed by atoms with Crippen molar-refractivity contribution >= 4 is 135 Å². The summed E-state index contributed by atoms with van der Waals surface area (Å²) in [4.78, 5) is 178. The zero-order valence-electron chi connectivity index (χ0n) is 69.6. The van der Waals surface area contributed by atoms with E-state index < -0.39 is 162 Å². The van der Waals surface area contributed by atoms with Gasteiger partial charge in [-0.15, -0.1) is 0 Å². The molecule has 0 spiro atoms. The Kier molecular flexibility index (Phi) is 45.8. The molecular formula is C83H119Cl5N14O17. The molecule has 0 saturated heterocycles. The Hall–Kier alpha value is -9.24. The number of nitrogens with two attached hydrogens (primary N) is 1. The number of hydrogen-bond acceptors (Lipinski definition) is 18. The minimum Gasteiger partial charge on any atom is -0.489 e. The summed E-state index contributed by atoms with van der Waals surface area (Å²) in [5.74, 6) is -9.58. The highest BCUT2D eigenvalue weighted by Crippen LogP contribution is 2.28. The fourth-order valence-corrected chi connectivity index (χ4v) is 13.2. The number of carbonyl (C=O) groups excluding carboxylic acids is 12. The van der Waals surface area contributed by atoms with Crippen LogP contribution in [-0.2, 0) is 88.5 Å². The summed E-state index contributed by atoms with van der Waals surface area (Å²) >= 11 is 31.9.